The Kier molecular flexibility index (Phi) is 25.5. The lowest BCUT2D eigenvalue weighted by atomic mass is 9.84. The third-order valence-corrected chi connectivity index (χ3v) is 21.3. The second-order valence-corrected chi connectivity index (χ2v) is 28.7. The van der Waals surface area contributed by atoms with Gasteiger partial charge in [-0.3, -0.25) is 23.7 Å². The Morgan fingerprint density at radius 1 is 0.339 bits per heavy atom. The number of nitrogen functional groups attached to an aromatic ring is 1. The molecule has 19 aromatic carbocycles. The minimum absolute atomic E-state index is 0. The van der Waals surface area contributed by atoms with Crippen LogP contribution in [0.3, 0.4) is 0 Å². The molecule has 0 saturated carbocycles. The van der Waals surface area contributed by atoms with E-state index in [0.29, 0.717) is 16.7 Å². The predicted molar refractivity (Wildman–Crippen MR) is 515 cm³/mol. The first kappa shape index (κ1) is 82.4. The minimum atomic E-state index is -0.833. The van der Waals surface area contributed by atoms with Gasteiger partial charge in [0.05, 0.1) is 11.0 Å². The lowest BCUT2D eigenvalue weighted by molar-refractivity contribution is -0.134. The summed E-state index contributed by atoms with van der Waals surface area (Å²) in [4.78, 5) is 53.5. The van der Waals surface area contributed by atoms with Crippen LogP contribution in [0.15, 0.2) is 425 Å². The first-order valence-corrected chi connectivity index (χ1v) is 39.1. The van der Waals surface area contributed by atoms with Gasteiger partial charge in [0.2, 0.25) is 11.6 Å². The van der Waals surface area contributed by atoms with Gasteiger partial charge >= 0.3 is 0 Å². The summed E-state index contributed by atoms with van der Waals surface area (Å²) < 4.78 is 2.37. The van der Waals surface area contributed by atoms with E-state index in [2.05, 4.69) is 318 Å². The summed E-state index contributed by atoms with van der Waals surface area (Å²) in [7, 11) is 0. The van der Waals surface area contributed by atoms with E-state index in [-0.39, 0.29) is 38.5 Å². The monoisotopic (exact) mass is 1680 g/mol. The van der Waals surface area contributed by atoms with Crippen molar-refractivity contribution in [3.63, 3.8) is 0 Å². The summed E-state index contributed by atoms with van der Waals surface area (Å²) in [6, 6.07) is 146. The Morgan fingerprint density at radius 3 is 0.992 bits per heavy atom. The molecule has 583 valence electrons. The highest BCUT2D eigenvalue weighted by Crippen LogP contribution is 2.45. The molecule has 0 unspecified atom stereocenters. The van der Waals surface area contributed by atoms with Gasteiger partial charge in [-0.15, -0.1) is 24.0 Å². The molecule has 1 heterocycles. The van der Waals surface area contributed by atoms with E-state index in [0.717, 1.165) is 97.6 Å². The van der Waals surface area contributed by atoms with E-state index in [4.69, 9.17) is 20.6 Å². The van der Waals surface area contributed by atoms with Crippen molar-refractivity contribution in [1.29, 1.82) is 0 Å². The molecule has 0 atom stereocenters. The van der Waals surface area contributed by atoms with Crippen LogP contribution in [0.1, 0.15) is 38.0 Å². The van der Waals surface area contributed by atoms with Gasteiger partial charge in [-0.2, -0.15) is 0 Å². The molecule has 121 heavy (non-hydrogen) atoms. The van der Waals surface area contributed by atoms with Crippen molar-refractivity contribution in [1.82, 2.24) is 15.7 Å². The molecule has 1 aromatic heterocycles. The van der Waals surface area contributed by atoms with Crippen LogP contribution in [0.5, 0.6) is 0 Å². The highest BCUT2D eigenvalue weighted by Gasteiger charge is 2.30. The molecule has 0 saturated heterocycles. The molecule has 0 spiro atoms. The molecular weight excluding hydrogens is 1600 g/mol. The number of rotatable bonds is 11. The van der Waals surface area contributed by atoms with Crippen molar-refractivity contribution in [2.45, 2.75) is 6.92 Å². The van der Waals surface area contributed by atoms with Gasteiger partial charge in [0.25, 0.3) is 5.97 Å². The number of ketones is 2. The fraction of sp³-hybridized carbons (Fsp3) is 0.00926. The minimum Gasteiger partial charge on any atom is -0.481 e. The zero-order valence-electron chi connectivity index (χ0n) is 66.1. The number of fused-ring (bicyclic) bond motifs is 13. The number of halogens is 1. The Morgan fingerprint density at radius 2 is 0.620 bits per heavy atom. The SMILES string of the molecule is CC(=O)O.I.N.Nc1ccc(-c2c3ccccc3cc3ccccc23)cc1.O=C1C(=O)c2ccccc2-c2ccccc21.O=Cc1ccc(N(c2ccccc2)c2ccccc2)cc1.[B].c1ccc(N(c2ccccc2)c2ccc(-c3nc4c5ccccc5c5ccccc5c4n3-c3ccc(-c4c5ccccc5cc5ccccc45)cc3)cc2)cc1. The number of carboxylic acids is 1. The summed E-state index contributed by atoms with van der Waals surface area (Å²) in [5, 5.41) is 22.3. The fourth-order valence-electron chi connectivity index (χ4n) is 16.0. The van der Waals surface area contributed by atoms with Gasteiger partial charge in [0.15, 0.2) is 0 Å². The molecule has 0 fully saturated rings. The van der Waals surface area contributed by atoms with Crippen LogP contribution in [-0.2, 0) is 4.79 Å². The highest BCUT2D eigenvalue weighted by molar-refractivity contribution is 14.0. The molecule has 1 aliphatic rings. The number of nitrogens with zero attached hydrogens (tertiary/aromatic N) is 4. The van der Waals surface area contributed by atoms with Crippen molar-refractivity contribution < 1.29 is 24.3 Å². The van der Waals surface area contributed by atoms with Crippen molar-refractivity contribution in [2.24, 2.45) is 0 Å². The number of aromatic nitrogens is 2. The van der Waals surface area contributed by atoms with Crippen LogP contribution in [0.25, 0.3) is 126 Å². The molecule has 13 heteroatoms. The fourth-order valence-corrected chi connectivity index (χ4v) is 16.0. The number of Topliss-reactive ketones (excluding diaryl/α,β-unsaturated/α-hetero) is 2. The van der Waals surface area contributed by atoms with Crippen LogP contribution in [0.4, 0.5) is 39.8 Å². The third-order valence-electron chi connectivity index (χ3n) is 21.3. The van der Waals surface area contributed by atoms with E-state index in [9.17, 15) is 14.4 Å². The number of imidazole rings is 1. The average molecular weight is 1680 g/mol. The highest BCUT2D eigenvalue weighted by atomic mass is 127. The number of aliphatic carboxylic acids is 1. The summed E-state index contributed by atoms with van der Waals surface area (Å²) in [5.41, 5.74) is 25.7. The molecule has 0 aliphatic heterocycles. The summed E-state index contributed by atoms with van der Waals surface area (Å²) in [5.74, 6) is -0.744. The number of carboxylic acid groups (broad SMARTS) is 1. The number of anilines is 7. The second-order valence-electron chi connectivity index (χ2n) is 28.7. The third kappa shape index (κ3) is 17.1. The molecule has 1 aliphatic carbocycles. The molecule has 20 aromatic rings. The number of carbonyl (C=O) groups excluding carboxylic acids is 3. The lowest BCUT2D eigenvalue weighted by Gasteiger charge is -2.25. The molecule has 11 nitrogen and oxygen atoms in total. The molecule has 0 bridgehead atoms. The van der Waals surface area contributed by atoms with Crippen LogP contribution < -0.4 is 21.7 Å². The smallest absolute Gasteiger partial charge is 0.300 e. The van der Waals surface area contributed by atoms with Gasteiger partial charge in [0, 0.05) is 93.9 Å². The molecule has 0 amide bonds. The summed E-state index contributed by atoms with van der Waals surface area (Å²) in [6.07, 6.45) is 0.860. The van der Waals surface area contributed by atoms with E-state index in [1.54, 1.807) is 24.3 Å². The van der Waals surface area contributed by atoms with E-state index >= 15 is 0 Å². The van der Waals surface area contributed by atoms with E-state index in [1.807, 2.05) is 97.1 Å². The number of carbonyl (C=O) groups is 4. The Labute approximate surface area is 720 Å². The topological polar surface area (TPSA) is 174 Å². The van der Waals surface area contributed by atoms with Crippen LogP contribution >= 0.6 is 24.0 Å². The maximum absolute atomic E-state index is 11.8. The molecule has 6 N–H and O–H groups in total. The van der Waals surface area contributed by atoms with Crippen LogP contribution in [0, 0.1) is 0 Å². The van der Waals surface area contributed by atoms with E-state index < -0.39 is 17.5 Å². The van der Waals surface area contributed by atoms with Crippen molar-refractivity contribution in [2.75, 3.05) is 15.5 Å². The maximum Gasteiger partial charge on any atom is 0.300 e. The normalized spacial score (nSPS) is 11.0. The number of hydrogen-bond acceptors (Lipinski definition) is 9. The number of para-hydroxylation sites is 4. The molecule has 3 radical (unpaired) electrons. The summed E-state index contributed by atoms with van der Waals surface area (Å²) in [6.45, 7) is 1.08. The van der Waals surface area contributed by atoms with Crippen molar-refractivity contribution in [3.05, 3.63) is 441 Å². The molecule has 21 rings (SSSR count). The van der Waals surface area contributed by atoms with Gasteiger partial charge in [0.1, 0.15) is 12.1 Å². The first-order valence-electron chi connectivity index (χ1n) is 39.1. The van der Waals surface area contributed by atoms with E-state index in [1.165, 1.54) is 81.5 Å². The van der Waals surface area contributed by atoms with Gasteiger partial charge in [-0.1, -0.05) is 291 Å². The Bertz CT molecular complexity index is 6860. The quantitative estimate of drug-likeness (QED) is 0.0215. The average Bonchev–Trinajstić information content (AvgIpc) is 1.58. The largest absolute Gasteiger partial charge is 0.481 e. The standard InChI is InChI=1S/C53H35N3.C20H15N.C19H15NO.C14H8O2.C2H4O2.B.HI.H3N/c1-3-17-40(18-4-1)55(41-19-5-2-6-20-41)42-33-29-37(30-34-42)53-54-51-48-25-13-11-23-46(48)47-24-12-14-26-49(47)52(51)56(53)43-31-27-36(28-32-43)50-44-21-9-7-15-38(44)35-39-16-8-10-22-45(39)50;21-17-11-9-14(10-12-17)20-18-7-3-1-5-15(18)13-16-6-2-4-8-19(16)20;21-15-16-11-13-19(14-12-16)20(17-7-3-1-4-8-17)18-9-5-2-6-10-18;15-13-11-7-3-1-5-9(11)10-6-2-4-8-12(10)14(13)16;1-2(3)4;;;/h1-35H;1-13H,21H2;1-15H;1-8H;1H3,(H,3,4);;1H;1H3. The maximum atomic E-state index is 11.8. The number of aldehydes is 1. The first-order chi connectivity index (χ1) is 58.0. The summed E-state index contributed by atoms with van der Waals surface area (Å²) >= 11 is 0. The van der Waals surface area contributed by atoms with Gasteiger partial charge < -0.3 is 26.8 Å². The number of hydrogen-bond donors (Lipinski definition) is 3. The predicted octanol–water partition coefficient (Wildman–Crippen LogP) is 27.9. The second kappa shape index (κ2) is 37.4. The van der Waals surface area contributed by atoms with Crippen molar-refractivity contribution in [3.8, 4) is 50.5 Å². The zero-order valence-corrected chi connectivity index (χ0v) is 68.5. The number of benzene rings is 19. The van der Waals surface area contributed by atoms with Crippen LogP contribution in [-0.4, -0.2) is 46.9 Å². The lowest BCUT2D eigenvalue weighted by Crippen LogP contribution is -2.20. The Hall–Kier alpha value is -15.2. The van der Waals surface area contributed by atoms with Crippen molar-refractivity contribution >= 4 is 172 Å². The van der Waals surface area contributed by atoms with Gasteiger partial charge in [-0.25, -0.2) is 4.98 Å². The molecular formula is C108H81BIN6O5. The van der Waals surface area contributed by atoms with Gasteiger partial charge in [-0.05, 0) is 221 Å². The van der Waals surface area contributed by atoms with Crippen LogP contribution in [0.2, 0.25) is 0 Å². The number of nitrogens with two attached hydrogens (primary N) is 1. The Balaban J connectivity index is 0.000000150. The zero-order chi connectivity index (χ0) is 80.4.